The first-order chi connectivity index (χ1) is 6.96. The molecule has 15 heavy (non-hydrogen) atoms. The first kappa shape index (κ1) is 12.3. The van der Waals surface area contributed by atoms with E-state index in [0.717, 1.165) is 0 Å². The maximum Gasteiger partial charge on any atom is 0.238 e. The summed E-state index contributed by atoms with van der Waals surface area (Å²) >= 11 is 0. The minimum absolute atomic E-state index is 0.276. The molecule has 0 aliphatic heterocycles. The fourth-order valence-corrected chi connectivity index (χ4v) is 1.59. The van der Waals surface area contributed by atoms with Crippen molar-refractivity contribution >= 4 is 11.6 Å². The standard InChI is InChI=1S/C9H14O6/c1-14-9(15-2)4-5(10)3-6(11)7(12)8(9)13/h6-7,11-12H,3-4H2,1-2H3. The number of hydrogen-bond acceptors (Lipinski definition) is 6. The van der Waals surface area contributed by atoms with Gasteiger partial charge in [0, 0.05) is 20.6 Å². The minimum atomic E-state index is -1.77. The van der Waals surface area contributed by atoms with Gasteiger partial charge in [-0.15, -0.1) is 0 Å². The van der Waals surface area contributed by atoms with Crippen molar-refractivity contribution in [2.24, 2.45) is 0 Å². The summed E-state index contributed by atoms with van der Waals surface area (Å²) in [4.78, 5) is 23.0. The second-order valence-corrected chi connectivity index (χ2v) is 3.46. The summed E-state index contributed by atoms with van der Waals surface area (Å²) in [5, 5.41) is 18.7. The number of aliphatic hydroxyl groups is 2. The molecule has 0 radical (unpaired) electrons. The van der Waals surface area contributed by atoms with Crippen LogP contribution in [0.2, 0.25) is 0 Å². The highest BCUT2D eigenvalue weighted by atomic mass is 16.7. The van der Waals surface area contributed by atoms with Crippen molar-refractivity contribution in [1.82, 2.24) is 0 Å². The first-order valence-corrected chi connectivity index (χ1v) is 4.49. The van der Waals surface area contributed by atoms with E-state index in [1.807, 2.05) is 0 Å². The summed E-state index contributed by atoms with van der Waals surface area (Å²) in [5.74, 6) is -2.99. The Balaban J connectivity index is 3.06. The molecule has 1 saturated carbocycles. The Hall–Kier alpha value is -0.820. The van der Waals surface area contributed by atoms with Crippen LogP contribution in [0.4, 0.5) is 0 Å². The maximum atomic E-state index is 11.7. The van der Waals surface area contributed by atoms with Crippen LogP contribution in [0.1, 0.15) is 12.8 Å². The Bertz CT molecular complexity index is 270. The molecule has 1 aliphatic rings. The highest BCUT2D eigenvalue weighted by Crippen LogP contribution is 2.26. The molecule has 1 rings (SSSR count). The largest absolute Gasteiger partial charge is 0.389 e. The Morgan fingerprint density at radius 2 is 1.80 bits per heavy atom. The van der Waals surface area contributed by atoms with Crippen LogP contribution in [0.3, 0.4) is 0 Å². The van der Waals surface area contributed by atoms with Crippen LogP contribution in [-0.4, -0.2) is 54.0 Å². The summed E-state index contributed by atoms with van der Waals surface area (Å²) in [6.07, 6.45) is -3.62. The topological polar surface area (TPSA) is 93.1 Å². The lowest BCUT2D eigenvalue weighted by Crippen LogP contribution is -2.50. The van der Waals surface area contributed by atoms with Gasteiger partial charge < -0.3 is 19.7 Å². The Kier molecular flexibility index (Phi) is 3.56. The van der Waals surface area contributed by atoms with Gasteiger partial charge in [0.2, 0.25) is 11.6 Å². The first-order valence-electron chi connectivity index (χ1n) is 4.49. The highest BCUT2D eigenvalue weighted by Gasteiger charge is 2.49. The molecule has 1 aliphatic carbocycles. The van der Waals surface area contributed by atoms with Gasteiger partial charge in [-0.3, -0.25) is 9.59 Å². The predicted octanol–water partition coefficient (Wildman–Crippen LogP) is -1.37. The third-order valence-corrected chi connectivity index (χ3v) is 2.53. The summed E-state index contributed by atoms with van der Waals surface area (Å²) in [6.45, 7) is 0. The van der Waals surface area contributed by atoms with Gasteiger partial charge in [-0.05, 0) is 0 Å². The predicted molar refractivity (Wildman–Crippen MR) is 48.0 cm³/mol. The summed E-state index contributed by atoms with van der Waals surface area (Å²) in [7, 11) is 2.41. The van der Waals surface area contributed by atoms with E-state index in [4.69, 9.17) is 9.47 Å². The van der Waals surface area contributed by atoms with Gasteiger partial charge in [-0.25, -0.2) is 0 Å². The van der Waals surface area contributed by atoms with Crippen LogP contribution in [-0.2, 0) is 19.1 Å². The zero-order chi connectivity index (χ0) is 11.6. The van der Waals surface area contributed by atoms with Crippen molar-refractivity contribution in [3.05, 3.63) is 0 Å². The lowest BCUT2D eigenvalue weighted by Gasteiger charge is -2.28. The quantitative estimate of drug-likeness (QED) is 0.438. The average Bonchev–Trinajstić information content (AvgIpc) is 2.30. The number of hydrogen-bond donors (Lipinski definition) is 2. The molecule has 0 aromatic heterocycles. The molecule has 0 heterocycles. The lowest BCUT2D eigenvalue weighted by molar-refractivity contribution is -0.215. The van der Waals surface area contributed by atoms with Gasteiger partial charge in [-0.1, -0.05) is 0 Å². The number of ether oxygens (including phenoxy) is 2. The zero-order valence-electron chi connectivity index (χ0n) is 8.60. The van der Waals surface area contributed by atoms with Crippen LogP contribution in [0.15, 0.2) is 0 Å². The average molecular weight is 218 g/mol. The van der Waals surface area contributed by atoms with Crippen LogP contribution in [0, 0.1) is 0 Å². The number of methoxy groups -OCH3 is 2. The van der Waals surface area contributed by atoms with E-state index in [1.54, 1.807) is 0 Å². The number of ketones is 2. The molecule has 0 saturated heterocycles. The molecule has 1 fully saturated rings. The van der Waals surface area contributed by atoms with Gasteiger partial charge in [0.15, 0.2) is 0 Å². The molecular weight excluding hydrogens is 204 g/mol. The molecule has 2 atom stereocenters. The molecular formula is C9H14O6. The molecule has 0 amide bonds. The van der Waals surface area contributed by atoms with Crippen LogP contribution in [0.5, 0.6) is 0 Å². The van der Waals surface area contributed by atoms with Crippen molar-refractivity contribution in [3.63, 3.8) is 0 Å². The summed E-state index contributed by atoms with van der Waals surface area (Å²) in [5.41, 5.74) is 0. The van der Waals surface area contributed by atoms with Crippen molar-refractivity contribution in [2.75, 3.05) is 14.2 Å². The van der Waals surface area contributed by atoms with Gasteiger partial charge in [-0.2, -0.15) is 0 Å². The van der Waals surface area contributed by atoms with Gasteiger partial charge in [0.25, 0.3) is 0 Å². The third kappa shape index (κ3) is 2.07. The van der Waals surface area contributed by atoms with E-state index in [0.29, 0.717) is 0 Å². The Morgan fingerprint density at radius 1 is 1.27 bits per heavy atom. The SMILES string of the molecule is COC1(OC)CC(=O)CC(O)C(O)C1=O. The van der Waals surface area contributed by atoms with Crippen molar-refractivity contribution in [3.8, 4) is 0 Å². The second-order valence-electron chi connectivity index (χ2n) is 3.46. The maximum absolute atomic E-state index is 11.7. The Labute approximate surface area is 86.8 Å². The molecule has 0 aromatic rings. The van der Waals surface area contributed by atoms with E-state index < -0.39 is 29.6 Å². The molecule has 86 valence electrons. The van der Waals surface area contributed by atoms with Gasteiger partial charge >= 0.3 is 0 Å². The van der Waals surface area contributed by atoms with Crippen molar-refractivity contribution < 1.29 is 29.3 Å². The molecule has 2 N–H and O–H groups in total. The second kappa shape index (κ2) is 4.36. The number of Topliss-reactive ketones (excluding diaryl/α,β-unsaturated/α-hetero) is 2. The van der Waals surface area contributed by atoms with E-state index in [2.05, 4.69) is 0 Å². The molecule has 0 bridgehead atoms. The fourth-order valence-electron chi connectivity index (χ4n) is 1.59. The highest BCUT2D eigenvalue weighted by molar-refractivity contribution is 5.97. The number of aliphatic hydroxyl groups excluding tert-OH is 2. The van der Waals surface area contributed by atoms with E-state index >= 15 is 0 Å². The zero-order valence-corrected chi connectivity index (χ0v) is 8.60. The third-order valence-electron chi connectivity index (χ3n) is 2.53. The monoisotopic (exact) mass is 218 g/mol. The molecule has 2 unspecified atom stereocenters. The normalized spacial score (nSPS) is 31.5. The molecule has 6 nitrogen and oxygen atoms in total. The van der Waals surface area contributed by atoms with Crippen LogP contribution in [0.25, 0.3) is 0 Å². The lowest BCUT2D eigenvalue weighted by atomic mass is 10.0. The molecule has 0 aromatic carbocycles. The van der Waals surface area contributed by atoms with Crippen LogP contribution < -0.4 is 0 Å². The number of carbonyl (C=O) groups is 2. The molecule has 0 spiro atoms. The summed E-state index contributed by atoms with van der Waals surface area (Å²) < 4.78 is 9.69. The van der Waals surface area contributed by atoms with E-state index in [9.17, 15) is 19.8 Å². The van der Waals surface area contributed by atoms with E-state index in [-0.39, 0.29) is 12.8 Å². The van der Waals surface area contributed by atoms with Crippen molar-refractivity contribution in [2.45, 2.75) is 30.8 Å². The number of carbonyl (C=O) groups excluding carboxylic acids is 2. The van der Waals surface area contributed by atoms with Gasteiger partial charge in [0.05, 0.1) is 12.5 Å². The molecule has 6 heteroatoms. The summed E-state index contributed by atoms with van der Waals surface area (Å²) in [6, 6.07) is 0. The Morgan fingerprint density at radius 3 is 2.27 bits per heavy atom. The minimum Gasteiger partial charge on any atom is -0.389 e. The van der Waals surface area contributed by atoms with Crippen LogP contribution >= 0.6 is 0 Å². The number of rotatable bonds is 2. The van der Waals surface area contributed by atoms with Crippen molar-refractivity contribution in [1.29, 1.82) is 0 Å². The fraction of sp³-hybridized carbons (Fsp3) is 0.778. The van der Waals surface area contributed by atoms with E-state index in [1.165, 1.54) is 14.2 Å². The smallest absolute Gasteiger partial charge is 0.238 e. The van der Waals surface area contributed by atoms with Gasteiger partial charge in [0.1, 0.15) is 11.9 Å².